The van der Waals surface area contributed by atoms with Crippen LogP contribution >= 0.6 is 22.9 Å². The van der Waals surface area contributed by atoms with Gasteiger partial charge < -0.3 is 5.32 Å². The van der Waals surface area contributed by atoms with Crippen LogP contribution in [0.25, 0.3) is 10.2 Å². The van der Waals surface area contributed by atoms with Gasteiger partial charge in [-0.15, -0.1) is 11.3 Å². The summed E-state index contributed by atoms with van der Waals surface area (Å²) >= 11 is 7.27. The van der Waals surface area contributed by atoms with Gasteiger partial charge in [-0.1, -0.05) is 23.7 Å². The largest absolute Gasteiger partial charge is 0.378 e. The van der Waals surface area contributed by atoms with Crippen LogP contribution < -0.4 is 5.32 Å². The Hall–Kier alpha value is -1.65. The van der Waals surface area contributed by atoms with E-state index in [4.69, 9.17) is 11.6 Å². The zero-order valence-electron chi connectivity index (χ0n) is 9.86. The van der Waals surface area contributed by atoms with E-state index in [1.54, 1.807) is 17.4 Å². The number of benzene rings is 2. The molecule has 0 fully saturated rings. The molecule has 0 aliphatic rings. The van der Waals surface area contributed by atoms with Gasteiger partial charge in [0.25, 0.3) is 0 Å². The van der Waals surface area contributed by atoms with E-state index in [1.165, 1.54) is 12.1 Å². The van der Waals surface area contributed by atoms with Crippen molar-refractivity contribution in [1.29, 1.82) is 0 Å². The smallest absolute Gasteiger partial charge is 0.143 e. The third kappa shape index (κ3) is 2.69. The molecule has 0 saturated carbocycles. The van der Waals surface area contributed by atoms with E-state index in [1.807, 2.05) is 24.3 Å². The Labute approximate surface area is 118 Å². The first kappa shape index (κ1) is 12.4. The number of aromatic nitrogens is 1. The van der Waals surface area contributed by atoms with Crippen molar-refractivity contribution in [3.8, 4) is 0 Å². The molecule has 0 amide bonds. The monoisotopic (exact) mass is 292 g/mol. The predicted molar refractivity (Wildman–Crippen MR) is 78.4 cm³/mol. The number of nitrogens with zero attached hydrogens (tertiary/aromatic N) is 1. The molecule has 1 aromatic heterocycles. The molecule has 0 bridgehead atoms. The van der Waals surface area contributed by atoms with Crippen LogP contribution in [-0.2, 0) is 6.54 Å². The molecule has 0 spiro atoms. The molecule has 3 aromatic rings. The Morgan fingerprint density at radius 2 is 2.05 bits per heavy atom. The minimum absolute atomic E-state index is 0.130. The molecular weight excluding hydrogens is 283 g/mol. The third-order valence-corrected chi connectivity index (χ3v) is 4.04. The molecule has 2 nitrogen and oxygen atoms in total. The molecule has 3 rings (SSSR count). The number of halogens is 2. The molecule has 96 valence electrons. The Morgan fingerprint density at radius 3 is 2.84 bits per heavy atom. The number of nitrogens with one attached hydrogen (secondary N) is 1. The predicted octanol–water partition coefficient (Wildman–Crippen LogP) is 4.70. The topological polar surface area (TPSA) is 24.9 Å². The molecule has 0 unspecified atom stereocenters. The SMILES string of the molecule is Fc1cc(NCc2nc3ccccc3s2)ccc1Cl. The van der Waals surface area contributed by atoms with E-state index < -0.39 is 5.82 Å². The lowest BCUT2D eigenvalue weighted by Crippen LogP contribution is -1.99. The van der Waals surface area contributed by atoms with Gasteiger partial charge in [0, 0.05) is 5.69 Å². The molecule has 1 N–H and O–H groups in total. The maximum atomic E-state index is 13.3. The van der Waals surface area contributed by atoms with Gasteiger partial charge in [-0.3, -0.25) is 0 Å². The van der Waals surface area contributed by atoms with Crippen molar-refractivity contribution in [2.75, 3.05) is 5.32 Å². The zero-order valence-corrected chi connectivity index (χ0v) is 11.4. The molecule has 0 aliphatic carbocycles. The van der Waals surface area contributed by atoms with Gasteiger partial charge in [0.05, 0.1) is 21.8 Å². The van der Waals surface area contributed by atoms with Crippen molar-refractivity contribution in [1.82, 2.24) is 4.98 Å². The molecular formula is C14H10ClFN2S. The van der Waals surface area contributed by atoms with Crippen LogP contribution in [-0.4, -0.2) is 4.98 Å². The van der Waals surface area contributed by atoms with Crippen LogP contribution in [0.5, 0.6) is 0 Å². The summed E-state index contributed by atoms with van der Waals surface area (Å²) in [5.74, 6) is -0.420. The lowest BCUT2D eigenvalue weighted by Gasteiger charge is -2.04. The number of fused-ring (bicyclic) bond motifs is 1. The summed E-state index contributed by atoms with van der Waals surface area (Å²) in [6.07, 6.45) is 0. The first-order valence-electron chi connectivity index (χ1n) is 5.76. The van der Waals surface area contributed by atoms with Crippen LogP contribution in [0.2, 0.25) is 5.02 Å². The van der Waals surface area contributed by atoms with E-state index in [-0.39, 0.29) is 5.02 Å². The van der Waals surface area contributed by atoms with Gasteiger partial charge in [-0.2, -0.15) is 0 Å². The molecule has 19 heavy (non-hydrogen) atoms. The maximum absolute atomic E-state index is 13.3. The molecule has 0 radical (unpaired) electrons. The normalized spacial score (nSPS) is 10.8. The number of anilines is 1. The summed E-state index contributed by atoms with van der Waals surface area (Å²) in [6.45, 7) is 0.570. The summed E-state index contributed by atoms with van der Waals surface area (Å²) in [4.78, 5) is 4.50. The van der Waals surface area contributed by atoms with Crippen molar-refractivity contribution in [3.63, 3.8) is 0 Å². The van der Waals surface area contributed by atoms with Crippen LogP contribution in [0.3, 0.4) is 0 Å². The first-order valence-corrected chi connectivity index (χ1v) is 6.95. The van der Waals surface area contributed by atoms with Crippen molar-refractivity contribution in [2.45, 2.75) is 6.54 Å². The van der Waals surface area contributed by atoms with Crippen LogP contribution in [0.4, 0.5) is 10.1 Å². The van der Waals surface area contributed by atoms with Crippen molar-refractivity contribution >= 4 is 38.8 Å². The highest BCUT2D eigenvalue weighted by molar-refractivity contribution is 7.18. The number of thiazole rings is 1. The second kappa shape index (κ2) is 5.15. The molecule has 1 heterocycles. The van der Waals surface area contributed by atoms with Gasteiger partial charge in [-0.25, -0.2) is 9.37 Å². The summed E-state index contributed by atoms with van der Waals surface area (Å²) in [6, 6.07) is 12.7. The van der Waals surface area contributed by atoms with Crippen LogP contribution in [0.1, 0.15) is 5.01 Å². The molecule has 0 saturated heterocycles. The lowest BCUT2D eigenvalue weighted by atomic mass is 10.3. The number of rotatable bonds is 3. The Morgan fingerprint density at radius 1 is 1.21 bits per heavy atom. The fraction of sp³-hybridized carbons (Fsp3) is 0.0714. The van der Waals surface area contributed by atoms with E-state index in [9.17, 15) is 4.39 Å². The number of hydrogen-bond acceptors (Lipinski definition) is 3. The average molecular weight is 293 g/mol. The van der Waals surface area contributed by atoms with E-state index in [2.05, 4.69) is 10.3 Å². The van der Waals surface area contributed by atoms with Gasteiger partial charge in [0.2, 0.25) is 0 Å². The Kier molecular flexibility index (Phi) is 3.36. The van der Waals surface area contributed by atoms with Crippen molar-refractivity contribution in [2.24, 2.45) is 0 Å². The van der Waals surface area contributed by atoms with Gasteiger partial charge in [0.1, 0.15) is 10.8 Å². The summed E-state index contributed by atoms with van der Waals surface area (Å²) < 4.78 is 14.4. The minimum atomic E-state index is -0.420. The average Bonchev–Trinajstić information content (AvgIpc) is 2.83. The van der Waals surface area contributed by atoms with Crippen LogP contribution in [0, 0.1) is 5.82 Å². The van der Waals surface area contributed by atoms with Gasteiger partial charge in [-0.05, 0) is 30.3 Å². The number of hydrogen-bond donors (Lipinski definition) is 1. The quantitative estimate of drug-likeness (QED) is 0.757. The highest BCUT2D eigenvalue weighted by Crippen LogP contribution is 2.23. The fourth-order valence-electron chi connectivity index (χ4n) is 1.78. The standard InChI is InChI=1S/C14H10ClFN2S/c15-10-6-5-9(7-11(10)16)17-8-14-18-12-3-1-2-4-13(12)19-14/h1-7,17H,8H2. The summed E-state index contributed by atoms with van der Waals surface area (Å²) in [5.41, 5.74) is 1.69. The second-order valence-corrected chi connectivity index (χ2v) is 5.58. The highest BCUT2D eigenvalue weighted by Gasteiger charge is 2.04. The molecule has 2 aromatic carbocycles. The molecule has 0 aliphatic heterocycles. The van der Waals surface area contributed by atoms with E-state index in [0.717, 1.165) is 15.2 Å². The Balaban J connectivity index is 1.76. The second-order valence-electron chi connectivity index (χ2n) is 4.06. The zero-order chi connectivity index (χ0) is 13.2. The molecule has 5 heteroatoms. The lowest BCUT2D eigenvalue weighted by molar-refractivity contribution is 0.628. The van der Waals surface area contributed by atoms with Gasteiger partial charge in [0.15, 0.2) is 0 Å². The summed E-state index contributed by atoms with van der Waals surface area (Å²) in [5, 5.41) is 4.24. The number of para-hydroxylation sites is 1. The molecule has 0 atom stereocenters. The fourth-order valence-corrected chi connectivity index (χ4v) is 2.80. The van der Waals surface area contributed by atoms with Crippen molar-refractivity contribution in [3.05, 3.63) is 58.3 Å². The minimum Gasteiger partial charge on any atom is -0.378 e. The highest BCUT2D eigenvalue weighted by atomic mass is 35.5. The van der Waals surface area contributed by atoms with E-state index >= 15 is 0 Å². The van der Waals surface area contributed by atoms with Gasteiger partial charge >= 0.3 is 0 Å². The summed E-state index contributed by atoms with van der Waals surface area (Å²) in [7, 11) is 0. The maximum Gasteiger partial charge on any atom is 0.143 e. The third-order valence-electron chi connectivity index (χ3n) is 2.70. The van der Waals surface area contributed by atoms with Crippen LogP contribution in [0.15, 0.2) is 42.5 Å². The van der Waals surface area contributed by atoms with E-state index in [0.29, 0.717) is 12.2 Å². The Bertz CT molecular complexity index is 693. The van der Waals surface area contributed by atoms with Crippen molar-refractivity contribution < 1.29 is 4.39 Å². The first-order chi connectivity index (χ1) is 9.22.